The van der Waals surface area contributed by atoms with E-state index in [4.69, 9.17) is 0 Å². The Morgan fingerprint density at radius 1 is 1.56 bits per heavy atom. The third-order valence-electron chi connectivity index (χ3n) is 1.96. The van der Waals surface area contributed by atoms with Crippen molar-refractivity contribution >= 4 is 0 Å². The summed E-state index contributed by atoms with van der Waals surface area (Å²) in [6, 6.07) is 0. The van der Waals surface area contributed by atoms with Crippen molar-refractivity contribution in [2.24, 2.45) is 5.92 Å². The molecule has 0 bridgehead atoms. The van der Waals surface area contributed by atoms with Gasteiger partial charge in [0.05, 0.1) is 5.60 Å². The molecule has 2 atom stereocenters. The van der Waals surface area contributed by atoms with Crippen LogP contribution in [0.25, 0.3) is 0 Å². The van der Waals surface area contributed by atoms with Crippen molar-refractivity contribution in [3.63, 3.8) is 0 Å². The fraction of sp³-hybridized carbons (Fsp3) is 1.00. The first-order valence-electron chi connectivity index (χ1n) is 3.32. The minimum atomic E-state index is -0.334. The molecule has 0 aliphatic heterocycles. The molecule has 1 aliphatic carbocycles. The lowest BCUT2D eigenvalue weighted by Gasteiger charge is -2.13. The summed E-state index contributed by atoms with van der Waals surface area (Å²) in [7, 11) is 0. The van der Waals surface area contributed by atoms with Gasteiger partial charge in [-0.3, -0.25) is 0 Å². The molecular formula is C8H18O. The van der Waals surface area contributed by atoms with Gasteiger partial charge in [-0.25, -0.2) is 0 Å². The molecule has 0 saturated heterocycles. The molecule has 1 heteroatoms. The van der Waals surface area contributed by atoms with Crippen LogP contribution in [0.1, 0.15) is 40.5 Å². The minimum absolute atomic E-state index is 0. The van der Waals surface area contributed by atoms with Crippen molar-refractivity contribution in [2.75, 3.05) is 0 Å². The molecule has 1 aliphatic rings. The topological polar surface area (TPSA) is 20.2 Å². The standard InChI is InChI=1S/C7H14O.CH4/c1-6-3-4-7(2,8)5-6;/h6,8H,3-5H2,1-2H3;1H4. The number of hydrogen-bond acceptors (Lipinski definition) is 1. The summed E-state index contributed by atoms with van der Waals surface area (Å²) in [5, 5.41) is 9.36. The molecule has 1 nitrogen and oxygen atoms in total. The van der Waals surface area contributed by atoms with Crippen LogP contribution in [0.15, 0.2) is 0 Å². The maximum Gasteiger partial charge on any atom is 0.0622 e. The summed E-state index contributed by atoms with van der Waals surface area (Å²) in [5.41, 5.74) is -0.334. The van der Waals surface area contributed by atoms with Crippen LogP contribution >= 0.6 is 0 Å². The molecule has 0 radical (unpaired) electrons. The Morgan fingerprint density at radius 2 is 2.11 bits per heavy atom. The predicted octanol–water partition coefficient (Wildman–Crippen LogP) is 2.19. The molecule has 1 N–H and O–H groups in total. The van der Waals surface area contributed by atoms with Gasteiger partial charge >= 0.3 is 0 Å². The van der Waals surface area contributed by atoms with E-state index in [1.54, 1.807) is 0 Å². The maximum absolute atomic E-state index is 9.36. The van der Waals surface area contributed by atoms with Gasteiger partial charge in [-0.05, 0) is 32.1 Å². The van der Waals surface area contributed by atoms with E-state index in [-0.39, 0.29) is 13.0 Å². The van der Waals surface area contributed by atoms with Crippen molar-refractivity contribution < 1.29 is 5.11 Å². The molecule has 0 aromatic carbocycles. The Morgan fingerprint density at radius 3 is 2.22 bits per heavy atom. The SMILES string of the molecule is C.CC1CCC(C)(O)C1. The zero-order chi connectivity index (χ0) is 6.20. The van der Waals surface area contributed by atoms with E-state index in [2.05, 4.69) is 6.92 Å². The summed E-state index contributed by atoms with van der Waals surface area (Å²) >= 11 is 0. The van der Waals surface area contributed by atoms with Crippen LogP contribution in [0.5, 0.6) is 0 Å². The van der Waals surface area contributed by atoms with E-state index >= 15 is 0 Å². The summed E-state index contributed by atoms with van der Waals surface area (Å²) in [5.74, 6) is 0.741. The first-order chi connectivity index (χ1) is 3.60. The molecule has 0 aromatic heterocycles. The van der Waals surface area contributed by atoms with Crippen LogP contribution in [0.3, 0.4) is 0 Å². The van der Waals surface area contributed by atoms with Gasteiger partial charge in [-0.2, -0.15) is 0 Å². The van der Waals surface area contributed by atoms with Gasteiger partial charge in [0.15, 0.2) is 0 Å². The monoisotopic (exact) mass is 130 g/mol. The summed E-state index contributed by atoms with van der Waals surface area (Å²) in [6.07, 6.45) is 3.19. The van der Waals surface area contributed by atoms with Crippen LogP contribution in [-0.2, 0) is 0 Å². The zero-order valence-electron chi connectivity index (χ0n) is 5.65. The van der Waals surface area contributed by atoms with Crippen LogP contribution in [-0.4, -0.2) is 10.7 Å². The van der Waals surface area contributed by atoms with E-state index in [0.717, 1.165) is 18.8 Å². The van der Waals surface area contributed by atoms with E-state index in [1.165, 1.54) is 6.42 Å². The Bertz CT molecular complexity index is 86.6. The molecular weight excluding hydrogens is 112 g/mol. The molecule has 9 heavy (non-hydrogen) atoms. The van der Waals surface area contributed by atoms with Gasteiger partial charge in [0.1, 0.15) is 0 Å². The third-order valence-corrected chi connectivity index (χ3v) is 1.96. The molecule has 0 heterocycles. The highest BCUT2D eigenvalue weighted by Crippen LogP contribution is 2.33. The van der Waals surface area contributed by atoms with Crippen molar-refractivity contribution in [3.8, 4) is 0 Å². The molecule has 1 rings (SSSR count). The van der Waals surface area contributed by atoms with Crippen LogP contribution in [0, 0.1) is 5.92 Å². The van der Waals surface area contributed by atoms with E-state index in [1.807, 2.05) is 6.92 Å². The number of rotatable bonds is 0. The second-order valence-electron chi connectivity index (χ2n) is 3.34. The average molecular weight is 130 g/mol. The minimum Gasteiger partial charge on any atom is -0.390 e. The van der Waals surface area contributed by atoms with E-state index in [0.29, 0.717) is 0 Å². The fourth-order valence-corrected chi connectivity index (χ4v) is 1.51. The molecule has 1 fully saturated rings. The summed E-state index contributed by atoms with van der Waals surface area (Å²) < 4.78 is 0. The summed E-state index contributed by atoms with van der Waals surface area (Å²) in [6.45, 7) is 4.12. The Hall–Kier alpha value is -0.0400. The first-order valence-corrected chi connectivity index (χ1v) is 3.32. The highest BCUT2D eigenvalue weighted by atomic mass is 16.3. The molecule has 2 unspecified atom stereocenters. The molecule has 0 aromatic rings. The normalized spacial score (nSPS) is 42.3. The van der Waals surface area contributed by atoms with Crippen LogP contribution in [0.4, 0.5) is 0 Å². The third kappa shape index (κ3) is 2.35. The Labute approximate surface area is 58.1 Å². The van der Waals surface area contributed by atoms with E-state index < -0.39 is 0 Å². The van der Waals surface area contributed by atoms with Crippen molar-refractivity contribution in [3.05, 3.63) is 0 Å². The van der Waals surface area contributed by atoms with Gasteiger partial charge in [0.2, 0.25) is 0 Å². The second kappa shape index (κ2) is 2.70. The van der Waals surface area contributed by atoms with Crippen LogP contribution < -0.4 is 0 Å². The van der Waals surface area contributed by atoms with Crippen molar-refractivity contribution in [2.45, 2.75) is 46.1 Å². The molecule has 1 saturated carbocycles. The largest absolute Gasteiger partial charge is 0.390 e. The maximum atomic E-state index is 9.36. The Kier molecular flexibility index (Phi) is 2.68. The lowest BCUT2D eigenvalue weighted by molar-refractivity contribution is 0.0644. The Balaban J connectivity index is 0.000000640. The van der Waals surface area contributed by atoms with Crippen LogP contribution in [0.2, 0.25) is 0 Å². The highest BCUT2D eigenvalue weighted by Gasteiger charge is 2.29. The lowest BCUT2D eigenvalue weighted by atomic mass is 10.0. The van der Waals surface area contributed by atoms with Crippen molar-refractivity contribution in [1.82, 2.24) is 0 Å². The number of hydrogen-bond donors (Lipinski definition) is 1. The second-order valence-corrected chi connectivity index (χ2v) is 3.34. The molecule has 0 spiro atoms. The van der Waals surface area contributed by atoms with Gasteiger partial charge in [-0.1, -0.05) is 14.4 Å². The van der Waals surface area contributed by atoms with Gasteiger partial charge in [-0.15, -0.1) is 0 Å². The van der Waals surface area contributed by atoms with Gasteiger partial charge < -0.3 is 5.11 Å². The van der Waals surface area contributed by atoms with Crippen molar-refractivity contribution in [1.29, 1.82) is 0 Å². The quantitative estimate of drug-likeness (QED) is 0.533. The lowest BCUT2D eigenvalue weighted by Crippen LogP contribution is -2.18. The zero-order valence-corrected chi connectivity index (χ0v) is 5.65. The summed E-state index contributed by atoms with van der Waals surface area (Å²) in [4.78, 5) is 0. The smallest absolute Gasteiger partial charge is 0.0622 e. The van der Waals surface area contributed by atoms with Gasteiger partial charge in [0, 0.05) is 0 Å². The fourth-order valence-electron chi connectivity index (χ4n) is 1.51. The first kappa shape index (κ1) is 8.96. The molecule has 0 amide bonds. The highest BCUT2D eigenvalue weighted by molar-refractivity contribution is 4.82. The average Bonchev–Trinajstić information content (AvgIpc) is 1.82. The molecule has 56 valence electrons. The van der Waals surface area contributed by atoms with Gasteiger partial charge in [0.25, 0.3) is 0 Å². The number of aliphatic hydroxyl groups is 1. The predicted molar refractivity (Wildman–Crippen MR) is 40.4 cm³/mol. The van der Waals surface area contributed by atoms with E-state index in [9.17, 15) is 5.11 Å².